The first-order valence-corrected chi connectivity index (χ1v) is 7.82. The van der Waals surface area contributed by atoms with Crippen LogP contribution >= 0.6 is 23.4 Å². The first-order chi connectivity index (χ1) is 9.58. The Balaban J connectivity index is 1.81. The molecule has 108 valence electrons. The van der Waals surface area contributed by atoms with Gasteiger partial charge in [-0.3, -0.25) is 4.79 Å². The van der Waals surface area contributed by atoms with E-state index in [9.17, 15) is 9.59 Å². The van der Waals surface area contributed by atoms with Gasteiger partial charge in [0.2, 0.25) is 5.91 Å². The van der Waals surface area contributed by atoms with Gasteiger partial charge in [-0.1, -0.05) is 36.7 Å². The van der Waals surface area contributed by atoms with E-state index in [0.717, 1.165) is 16.3 Å². The Labute approximate surface area is 127 Å². The number of thioether (sulfide) groups is 1. The molecule has 0 aromatic heterocycles. The number of ether oxygens (including phenoxy) is 1. The lowest BCUT2D eigenvalue weighted by Crippen LogP contribution is -2.33. The van der Waals surface area contributed by atoms with Crippen LogP contribution in [0.5, 0.6) is 0 Å². The maximum atomic E-state index is 11.9. The number of hydrogen-bond donors (Lipinski definition) is 0. The Kier molecular flexibility index (Phi) is 5.31. The number of halogens is 1. The van der Waals surface area contributed by atoms with Crippen molar-refractivity contribution in [3.63, 3.8) is 0 Å². The normalized spacial score (nSPS) is 16.1. The molecular weight excluding hydrogens is 298 g/mol. The fourth-order valence-corrected chi connectivity index (χ4v) is 3.14. The van der Waals surface area contributed by atoms with E-state index in [1.807, 2.05) is 31.2 Å². The molecule has 0 radical (unpaired) electrons. The molecule has 2 amide bonds. The van der Waals surface area contributed by atoms with Crippen molar-refractivity contribution in [1.29, 1.82) is 0 Å². The fraction of sp³-hybridized carbons (Fsp3) is 0.429. The molecule has 1 aliphatic heterocycles. The van der Waals surface area contributed by atoms with Crippen molar-refractivity contribution >= 4 is 35.4 Å². The van der Waals surface area contributed by atoms with Crippen molar-refractivity contribution in [2.45, 2.75) is 24.3 Å². The zero-order chi connectivity index (χ0) is 14.5. The molecule has 1 heterocycles. The van der Waals surface area contributed by atoms with Gasteiger partial charge in [-0.15, -0.1) is 0 Å². The SMILES string of the molecule is C[C@H](CC(=O)N1CCOC1=O)SCc1ccccc1Cl. The number of amides is 2. The fourth-order valence-electron chi connectivity index (χ4n) is 1.88. The number of nitrogens with zero attached hydrogens (tertiary/aromatic N) is 1. The summed E-state index contributed by atoms with van der Waals surface area (Å²) in [6.45, 7) is 2.63. The van der Waals surface area contributed by atoms with Gasteiger partial charge < -0.3 is 4.74 Å². The highest BCUT2D eigenvalue weighted by molar-refractivity contribution is 7.99. The Hall–Kier alpha value is -1.20. The average molecular weight is 314 g/mol. The molecule has 1 fully saturated rings. The van der Waals surface area contributed by atoms with Crippen molar-refractivity contribution in [2.24, 2.45) is 0 Å². The van der Waals surface area contributed by atoms with Crippen LogP contribution in [0.15, 0.2) is 24.3 Å². The lowest BCUT2D eigenvalue weighted by Gasteiger charge is -2.15. The molecule has 1 saturated heterocycles. The third-order valence-electron chi connectivity index (χ3n) is 3.01. The third-order valence-corrected chi connectivity index (χ3v) is 4.59. The van der Waals surface area contributed by atoms with E-state index in [1.54, 1.807) is 11.8 Å². The largest absolute Gasteiger partial charge is 0.447 e. The Bertz CT molecular complexity index is 509. The zero-order valence-electron chi connectivity index (χ0n) is 11.2. The number of hydrogen-bond acceptors (Lipinski definition) is 4. The minimum absolute atomic E-state index is 0.118. The van der Waals surface area contributed by atoms with Gasteiger partial charge in [-0.05, 0) is 11.6 Å². The maximum Gasteiger partial charge on any atom is 0.416 e. The molecule has 0 unspecified atom stereocenters. The minimum Gasteiger partial charge on any atom is -0.447 e. The van der Waals surface area contributed by atoms with Gasteiger partial charge in [0.05, 0.1) is 6.54 Å². The Morgan fingerprint density at radius 1 is 1.50 bits per heavy atom. The quantitative estimate of drug-likeness (QED) is 0.836. The van der Waals surface area contributed by atoms with Crippen LogP contribution in [0.25, 0.3) is 0 Å². The standard InChI is InChI=1S/C14H16ClNO3S/c1-10(8-13(17)16-6-7-19-14(16)18)20-9-11-4-2-3-5-12(11)15/h2-5,10H,6-9H2,1H3/t10-/m1/s1. The molecule has 1 aromatic rings. The smallest absolute Gasteiger partial charge is 0.416 e. The van der Waals surface area contributed by atoms with Gasteiger partial charge in [-0.2, -0.15) is 11.8 Å². The van der Waals surface area contributed by atoms with Crippen LogP contribution in [0, 0.1) is 0 Å². The zero-order valence-corrected chi connectivity index (χ0v) is 12.7. The van der Waals surface area contributed by atoms with E-state index in [4.69, 9.17) is 16.3 Å². The number of imide groups is 1. The Morgan fingerprint density at radius 2 is 2.25 bits per heavy atom. The van der Waals surface area contributed by atoms with Gasteiger partial charge in [0.1, 0.15) is 6.61 Å². The van der Waals surface area contributed by atoms with E-state index in [-0.39, 0.29) is 11.2 Å². The molecule has 0 spiro atoms. The van der Waals surface area contributed by atoms with E-state index >= 15 is 0 Å². The summed E-state index contributed by atoms with van der Waals surface area (Å²) < 4.78 is 4.76. The van der Waals surface area contributed by atoms with Crippen molar-refractivity contribution in [2.75, 3.05) is 13.2 Å². The third kappa shape index (κ3) is 3.90. The molecule has 1 aliphatic rings. The number of carbonyl (C=O) groups is 2. The summed E-state index contributed by atoms with van der Waals surface area (Å²) in [4.78, 5) is 24.4. The van der Waals surface area contributed by atoms with Crippen LogP contribution in [0.4, 0.5) is 4.79 Å². The molecular formula is C14H16ClNO3S. The number of benzene rings is 1. The van der Waals surface area contributed by atoms with Crippen LogP contribution in [0.2, 0.25) is 5.02 Å². The first-order valence-electron chi connectivity index (χ1n) is 6.40. The maximum absolute atomic E-state index is 11.9. The van der Waals surface area contributed by atoms with E-state index in [2.05, 4.69) is 0 Å². The minimum atomic E-state index is -0.529. The summed E-state index contributed by atoms with van der Waals surface area (Å²) in [5.74, 6) is 0.574. The average Bonchev–Trinajstić information content (AvgIpc) is 2.84. The van der Waals surface area contributed by atoms with E-state index in [1.165, 1.54) is 4.90 Å². The molecule has 2 rings (SSSR count). The number of rotatable bonds is 5. The molecule has 6 heteroatoms. The molecule has 0 N–H and O–H groups in total. The second-order valence-corrected chi connectivity index (χ2v) is 6.41. The molecule has 1 atom stereocenters. The van der Waals surface area contributed by atoms with Crippen LogP contribution in [-0.4, -0.2) is 35.3 Å². The molecule has 20 heavy (non-hydrogen) atoms. The van der Waals surface area contributed by atoms with Crippen molar-refractivity contribution in [3.05, 3.63) is 34.9 Å². The predicted molar refractivity (Wildman–Crippen MR) is 79.9 cm³/mol. The van der Waals surface area contributed by atoms with Gasteiger partial charge in [-0.25, -0.2) is 9.69 Å². The van der Waals surface area contributed by atoms with Gasteiger partial charge in [0.25, 0.3) is 0 Å². The molecule has 4 nitrogen and oxygen atoms in total. The highest BCUT2D eigenvalue weighted by atomic mass is 35.5. The van der Waals surface area contributed by atoms with E-state index in [0.29, 0.717) is 19.6 Å². The topological polar surface area (TPSA) is 46.6 Å². The molecule has 0 bridgehead atoms. The van der Waals surface area contributed by atoms with Crippen LogP contribution < -0.4 is 0 Å². The Morgan fingerprint density at radius 3 is 2.90 bits per heavy atom. The highest BCUT2D eigenvalue weighted by Crippen LogP contribution is 2.25. The van der Waals surface area contributed by atoms with Crippen molar-refractivity contribution in [3.8, 4) is 0 Å². The number of cyclic esters (lactones) is 1. The predicted octanol–water partition coefficient (Wildman–Crippen LogP) is 3.33. The molecule has 0 aliphatic carbocycles. The van der Waals surface area contributed by atoms with E-state index < -0.39 is 6.09 Å². The summed E-state index contributed by atoms with van der Waals surface area (Å²) in [7, 11) is 0. The first kappa shape index (κ1) is 15.2. The van der Waals surface area contributed by atoms with Crippen LogP contribution in [0.1, 0.15) is 18.9 Å². The van der Waals surface area contributed by atoms with Gasteiger partial charge in [0, 0.05) is 22.4 Å². The summed E-state index contributed by atoms with van der Waals surface area (Å²) in [5, 5.41) is 0.855. The lowest BCUT2D eigenvalue weighted by molar-refractivity contribution is -0.127. The second-order valence-electron chi connectivity index (χ2n) is 4.58. The van der Waals surface area contributed by atoms with Crippen LogP contribution in [0.3, 0.4) is 0 Å². The summed E-state index contributed by atoms with van der Waals surface area (Å²) in [5.41, 5.74) is 1.05. The number of carbonyl (C=O) groups excluding carboxylic acids is 2. The second kappa shape index (κ2) is 6.99. The molecule has 0 saturated carbocycles. The summed E-state index contributed by atoms with van der Waals surface area (Å²) >= 11 is 7.73. The summed E-state index contributed by atoms with van der Waals surface area (Å²) in [6, 6.07) is 7.66. The van der Waals surface area contributed by atoms with Crippen LogP contribution in [-0.2, 0) is 15.3 Å². The van der Waals surface area contributed by atoms with Crippen molar-refractivity contribution in [1.82, 2.24) is 4.90 Å². The summed E-state index contributed by atoms with van der Waals surface area (Å²) in [6.07, 6.45) is -0.206. The van der Waals surface area contributed by atoms with Gasteiger partial charge >= 0.3 is 6.09 Å². The van der Waals surface area contributed by atoms with Gasteiger partial charge in [0.15, 0.2) is 0 Å². The molecule has 1 aromatic carbocycles. The highest BCUT2D eigenvalue weighted by Gasteiger charge is 2.29. The lowest BCUT2D eigenvalue weighted by atomic mass is 10.2. The van der Waals surface area contributed by atoms with Crippen molar-refractivity contribution < 1.29 is 14.3 Å². The monoisotopic (exact) mass is 313 g/mol.